The zero-order valence-corrected chi connectivity index (χ0v) is 13.1. The Hall–Kier alpha value is -0.470. The first-order valence-corrected chi connectivity index (χ1v) is 8.68. The van der Waals surface area contributed by atoms with E-state index in [9.17, 15) is 8.42 Å². The Morgan fingerprint density at radius 1 is 1.32 bits per heavy atom. The monoisotopic (exact) mass is 306 g/mol. The molecule has 0 aliphatic heterocycles. The van der Waals surface area contributed by atoms with Crippen molar-refractivity contribution in [2.24, 2.45) is 0 Å². The number of methoxy groups -OCH3 is 1. The van der Waals surface area contributed by atoms with Crippen molar-refractivity contribution in [1.29, 1.82) is 0 Å². The number of hydrogen-bond acceptors (Lipinski definition) is 5. The second kappa shape index (κ2) is 8.65. The highest BCUT2D eigenvalue weighted by molar-refractivity contribution is 7.91. The molecule has 1 heterocycles. The van der Waals surface area contributed by atoms with E-state index in [1.807, 2.05) is 13.0 Å². The van der Waals surface area contributed by atoms with Gasteiger partial charge in [-0.3, -0.25) is 0 Å². The van der Waals surface area contributed by atoms with E-state index < -0.39 is 10.0 Å². The van der Waals surface area contributed by atoms with E-state index in [0.717, 1.165) is 24.3 Å². The Balaban J connectivity index is 2.45. The van der Waals surface area contributed by atoms with Gasteiger partial charge in [-0.1, -0.05) is 6.92 Å². The molecule has 0 aliphatic rings. The molecule has 5 nitrogen and oxygen atoms in total. The highest BCUT2D eigenvalue weighted by Gasteiger charge is 2.15. The van der Waals surface area contributed by atoms with Gasteiger partial charge in [-0.15, -0.1) is 11.3 Å². The number of sulfonamides is 1. The summed E-state index contributed by atoms with van der Waals surface area (Å²) < 4.78 is 31.9. The summed E-state index contributed by atoms with van der Waals surface area (Å²) in [5, 5.41) is 3.18. The maximum absolute atomic E-state index is 12.0. The van der Waals surface area contributed by atoms with Crippen LogP contribution in [0.25, 0.3) is 0 Å². The number of unbranched alkanes of at least 4 members (excludes halogenated alkanes) is 1. The summed E-state index contributed by atoms with van der Waals surface area (Å²) in [5.74, 6) is 0. The normalized spacial score (nSPS) is 11.9. The van der Waals surface area contributed by atoms with Crippen molar-refractivity contribution < 1.29 is 13.2 Å². The van der Waals surface area contributed by atoms with Crippen LogP contribution >= 0.6 is 11.3 Å². The molecule has 7 heteroatoms. The third-order valence-electron chi connectivity index (χ3n) is 2.52. The van der Waals surface area contributed by atoms with Crippen LogP contribution in [0.15, 0.2) is 16.3 Å². The van der Waals surface area contributed by atoms with Crippen LogP contribution in [0.3, 0.4) is 0 Å². The predicted molar refractivity (Wildman–Crippen MR) is 78.0 cm³/mol. The van der Waals surface area contributed by atoms with Crippen LogP contribution in [0.5, 0.6) is 0 Å². The molecule has 110 valence electrons. The molecule has 0 fully saturated rings. The zero-order chi connectivity index (χ0) is 14.1. The van der Waals surface area contributed by atoms with Crippen molar-refractivity contribution in [3.05, 3.63) is 17.0 Å². The minimum atomic E-state index is -3.35. The van der Waals surface area contributed by atoms with Crippen molar-refractivity contribution in [2.45, 2.75) is 30.5 Å². The van der Waals surface area contributed by atoms with Gasteiger partial charge in [0, 0.05) is 31.7 Å². The lowest BCUT2D eigenvalue weighted by molar-refractivity contribution is 0.193. The molecule has 0 unspecified atom stereocenters. The summed E-state index contributed by atoms with van der Waals surface area (Å²) >= 11 is 1.31. The van der Waals surface area contributed by atoms with Crippen LogP contribution in [0.2, 0.25) is 0 Å². The summed E-state index contributed by atoms with van der Waals surface area (Å²) in [6.45, 7) is 4.72. The molecule has 1 aromatic heterocycles. The molecule has 2 N–H and O–H groups in total. The third-order valence-corrected chi connectivity index (χ3v) is 5.56. The van der Waals surface area contributed by atoms with Crippen molar-refractivity contribution in [1.82, 2.24) is 10.0 Å². The molecule has 0 aliphatic carbocycles. The molecule has 1 aromatic rings. The van der Waals surface area contributed by atoms with Gasteiger partial charge in [-0.05, 0) is 31.5 Å². The Morgan fingerprint density at radius 3 is 2.79 bits per heavy atom. The number of thiophene rings is 1. The quantitative estimate of drug-likeness (QED) is 0.644. The van der Waals surface area contributed by atoms with Crippen LogP contribution < -0.4 is 10.0 Å². The smallest absolute Gasteiger partial charge is 0.250 e. The van der Waals surface area contributed by atoms with Gasteiger partial charge in [0.15, 0.2) is 0 Å². The topological polar surface area (TPSA) is 67.4 Å². The number of rotatable bonds is 10. The second-order valence-corrected chi connectivity index (χ2v) is 7.26. The van der Waals surface area contributed by atoms with Crippen LogP contribution in [0.1, 0.15) is 24.6 Å². The van der Waals surface area contributed by atoms with Crippen molar-refractivity contribution in [3.8, 4) is 0 Å². The standard InChI is InChI=1S/C12H22N2O3S2/c1-3-13-10-11-6-7-12(18-11)19(15,16)14-8-4-5-9-17-2/h6-7,13-14H,3-5,8-10H2,1-2H3. The molecule has 19 heavy (non-hydrogen) atoms. The Kier molecular flexibility index (Phi) is 7.55. The Bertz CT molecular complexity index is 457. The first-order chi connectivity index (χ1) is 9.10. The lowest BCUT2D eigenvalue weighted by atomic mass is 10.3. The fraction of sp³-hybridized carbons (Fsp3) is 0.667. The Morgan fingerprint density at radius 2 is 2.11 bits per heavy atom. The molecule has 0 saturated carbocycles. The van der Waals surface area contributed by atoms with Crippen LogP contribution in [0.4, 0.5) is 0 Å². The van der Waals surface area contributed by atoms with Crippen LogP contribution in [-0.4, -0.2) is 35.2 Å². The van der Waals surface area contributed by atoms with Gasteiger partial charge in [0.1, 0.15) is 4.21 Å². The van der Waals surface area contributed by atoms with Crippen molar-refractivity contribution >= 4 is 21.4 Å². The highest BCUT2D eigenvalue weighted by Crippen LogP contribution is 2.21. The van der Waals surface area contributed by atoms with Gasteiger partial charge in [0.2, 0.25) is 10.0 Å². The van der Waals surface area contributed by atoms with Gasteiger partial charge in [-0.2, -0.15) is 0 Å². The molecule has 0 atom stereocenters. The van der Waals surface area contributed by atoms with Gasteiger partial charge >= 0.3 is 0 Å². The van der Waals surface area contributed by atoms with Gasteiger partial charge in [0.25, 0.3) is 0 Å². The summed E-state index contributed by atoms with van der Waals surface area (Å²) in [6, 6.07) is 3.52. The van der Waals surface area contributed by atoms with Gasteiger partial charge in [0.05, 0.1) is 0 Å². The molecular formula is C12H22N2O3S2. The highest BCUT2D eigenvalue weighted by atomic mass is 32.2. The fourth-order valence-electron chi connectivity index (χ4n) is 1.49. The summed E-state index contributed by atoms with van der Waals surface area (Å²) in [4.78, 5) is 1.03. The summed E-state index contributed by atoms with van der Waals surface area (Å²) in [5.41, 5.74) is 0. The van der Waals surface area contributed by atoms with E-state index in [0.29, 0.717) is 23.9 Å². The van der Waals surface area contributed by atoms with E-state index in [-0.39, 0.29) is 0 Å². The number of ether oxygens (including phenoxy) is 1. The summed E-state index contributed by atoms with van der Waals surface area (Å²) in [6.07, 6.45) is 1.64. The molecule has 0 radical (unpaired) electrons. The average molecular weight is 306 g/mol. The van der Waals surface area contributed by atoms with Crippen LogP contribution in [0, 0.1) is 0 Å². The molecule has 0 amide bonds. The minimum Gasteiger partial charge on any atom is -0.385 e. The van der Waals surface area contributed by atoms with E-state index in [1.54, 1.807) is 13.2 Å². The lowest BCUT2D eigenvalue weighted by Gasteiger charge is -2.04. The van der Waals surface area contributed by atoms with Crippen LogP contribution in [-0.2, 0) is 21.3 Å². The predicted octanol–water partition coefficient (Wildman–Crippen LogP) is 1.56. The second-order valence-electron chi connectivity index (χ2n) is 4.10. The first kappa shape index (κ1) is 16.6. The van der Waals surface area contributed by atoms with E-state index in [1.165, 1.54) is 11.3 Å². The zero-order valence-electron chi connectivity index (χ0n) is 11.4. The van der Waals surface area contributed by atoms with Gasteiger partial charge < -0.3 is 10.1 Å². The van der Waals surface area contributed by atoms with E-state index in [4.69, 9.17) is 4.74 Å². The lowest BCUT2D eigenvalue weighted by Crippen LogP contribution is -2.24. The fourth-order valence-corrected chi connectivity index (χ4v) is 3.94. The number of nitrogens with one attached hydrogen (secondary N) is 2. The maximum Gasteiger partial charge on any atom is 0.250 e. The Labute approximate surface area is 119 Å². The minimum absolute atomic E-state index is 0.382. The molecule has 1 rings (SSSR count). The van der Waals surface area contributed by atoms with Crippen molar-refractivity contribution in [3.63, 3.8) is 0 Å². The third kappa shape index (κ3) is 6.01. The molecule has 0 aromatic carbocycles. The summed E-state index contributed by atoms with van der Waals surface area (Å²) in [7, 11) is -1.71. The first-order valence-electron chi connectivity index (χ1n) is 6.38. The number of hydrogen-bond donors (Lipinski definition) is 2. The average Bonchev–Trinajstić information content (AvgIpc) is 2.85. The molecule has 0 spiro atoms. The SMILES string of the molecule is CCNCc1ccc(S(=O)(=O)NCCCCOC)s1. The van der Waals surface area contributed by atoms with Crippen molar-refractivity contribution in [2.75, 3.05) is 26.8 Å². The maximum atomic E-state index is 12.0. The molecule has 0 saturated heterocycles. The van der Waals surface area contributed by atoms with Gasteiger partial charge in [-0.25, -0.2) is 13.1 Å². The molecular weight excluding hydrogens is 284 g/mol. The largest absolute Gasteiger partial charge is 0.385 e. The van der Waals surface area contributed by atoms with E-state index in [2.05, 4.69) is 10.0 Å². The molecule has 0 bridgehead atoms. The van der Waals surface area contributed by atoms with E-state index >= 15 is 0 Å².